The third kappa shape index (κ3) is 2.17. The second-order valence-corrected chi connectivity index (χ2v) is 9.83. The van der Waals surface area contributed by atoms with E-state index in [1.165, 1.54) is 60.7 Å². The van der Waals surface area contributed by atoms with Crippen molar-refractivity contribution in [3.8, 4) is 22.3 Å². The Labute approximate surface area is 201 Å². The molecule has 0 unspecified atom stereocenters. The normalized spacial score (nSPS) is 13.5. The Morgan fingerprint density at radius 1 is 0.600 bits per heavy atom. The van der Waals surface area contributed by atoms with Gasteiger partial charge in [-0.15, -0.1) is 0 Å². The molecule has 35 heavy (non-hydrogen) atoms. The molecule has 0 atom stereocenters. The van der Waals surface area contributed by atoms with Gasteiger partial charge in [0.25, 0.3) is 0 Å². The number of imidazole rings is 1. The predicted molar refractivity (Wildman–Crippen MR) is 142 cm³/mol. The van der Waals surface area contributed by atoms with Crippen LogP contribution >= 0.6 is 0 Å². The van der Waals surface area contributed by atoms with Crippen LogP contribution in [0.5, 0.6) is 0 Å². The molecule has 2 aliphatic rings. The van der Waals surface area contributed by atoms with Crippen LogP contribution in [0.4, 0.5) is 0 Å². The fourth-order valence-electron chi connectivity index (χ4n) is 6.58. The predicted octanol–water partition coefficient (Wildman–Crippen LogP) is 7.33. The molecule has 0 N–H and O–H groups in total. The van der Waals surface area contributed by atoms with E-state index in [-0.39, 0.29) is 0 Å². The van der Waals surface area contributed by atoms with Crippen LogP contribution in [0, 0.1) is 0 Å². The summed E-state index contributed by atoms with van der Waals surface area (Å²) in [6.07, 6.45) is 3.89. The standard InChI is InChI=1S/C32H19N3/c1-2-7-21-18(6-1)14-19-11-12-22-24-17-27-25(15-20(24)16-26(22)30(19)21)23-8-5-13-33-31(23)35-29-10-4-3-9-28(29)34-32(27)35/h1-13,15,17H,14,16H2. The number of hydrogen-bond donors (Lipinski definition) is 0. The van der Waals surface area contributed by atoms with E-state index >= 15 is 0 Å². The van der Waals surface area contributed by atoms with Gasteiger partial charge < -0.3 is 0 Å². The zero-order valence-corrected chi connectivity index (χ0v) is 18.9. The van der Waals surface area contributed by atoms with Crippen molar-refractivity contribution >= 4 is 38.5 Å². The average molecular weight is 446 g/mol. The molecule has 0 fully saturated rings. The van der Waals surface area contributed by atoms with Crippen LogP contribution < -0.4 is 0 Å². The van der Waals surface area contributed by atoms with Gasteiger partial charge in [0.05, 0.1) is 11.0 Å². The SMILES string of the molecule is c1ccc2c(c1)Cc1ccc3c(c1-2)Cc1cc2c4cccnc4n4c5ccccc5nc4c2cc1-3. The van der Waals surface area contributed by atoms with E-state index in [0.717, 1.165) is 35.2 Å². The quantitative estimate of drug-likeness (QED) is 0.229. The van der Waals surface area contributed by atoms with Gasteiger partial charge in [-0.3, -0.25) is 4.40 Å². The lowest BCUT2D eigenvalue weighted by atomic mass is 9.95. The summed E-state index contributed by atoms with van der Waals surface area (Å²) in [5.41, 5.74) is 15.4. The highest BCUT2D eigenvalue weighted by Gasteiger charge is 2.29. The van der Waals surface area contributed by atoms with Gasteiger partial charge in [-0.2, -0.15) is 0 Å². The number of nitrogens with zero attached hydrogens (tertiary/aromatic N) is 3. The van der Waals surface area contributed by atoms with Crippen molar-refractivity contribution in [2.75, 3.05) is 0 Å². The van der Waals surface area contributed by atoms with Crippen LogP contribution in [0.1, 0.15) is 22.3 Å². The molecule has 0 spiro atoms. The van der Waals surface area contributed by atoms with Crippen molar-refractivity contribution in [1.29, 1.82) is 0 Å². The third-order valence-corrected chi connectivity index (χ3v) is 8.06. The molecule has 0 saturated heterocycles. The van der Waals surface area contributed by atoms with Gasteiger partial charge in [0.15, 0.2) is 0 Å². The molecule has 9 rings (SSSR count). The highest BCUT2D eigenvalue weighted by molar-refractivity contribution is 6.14. The Morgan fingerprint density at radius 2 is 1.51 bits per heavy atom. The molecule has 3 heterocycles. The van der Waals surface area contributed by atoms with Crippen molar-refractivity contribution < 1.29 is 0 Å². The van der Waals surface area contributed by atoms with Crippen molar-refractivity contribution in [2.45, 2.75) is 12.8 Å². The first-order valence-corrected chi connectivity index (χ1v) is 12.2. The maximum absolute atomic E-state index is 5.09. The largest absolute Gasteiger partial charge is 0.276 e. The van der Waals surface area contributed by atoms with Crippen LogP contribution in [-0.4, -0.2) is 14.4 Å². The lowest BCUT2D eigenvalue weighted by Gasteiger charge is -2.11. The van der Waals surface area contributed by atoms with Crippen LogP contribution in [0.2, 0.25) is 0 Å². The summed E-state index contributed by atoms with van der Waals surface area (Å²) in [5, 5.41) is 3.60. The Morgan fingerprint density at radius 3 is 2.51 bits per heavy atom. The Balaban J connectivity index is 1.41. The number of pyridine rings is 2. The van der Waals surface area contributed by atoms with Crippen molar-refractivity contribution in [1.82, 2.24) is 14.4 Å². The molecule has 3 heteroatoms. The topological polar surface area (TPSA) is 30.2 Å². The monoisotopic (exact) mass is 445 g/mol. The van der Waals surface area contributed by atoms with E-state index in [0.29, 0.717) is 0 Å². The first-order valence-electron chi connectivity index (χ1n) is 12.2. The smallest absolute Gasteiger partial charge is 0.147 e. The number of para-hydroxylation sites is 2. The molecule has 0 bridgehead atoms. The maximum atomic E-state index is 5.09. The van der Waals surface area contributed by atoms with Crippen LogP contribution in [0.3, 0.4) is 0 Å². The van der Waals surface area contributed by atoms with E-state index in [4.69, 9.17) is 9.97 Å². The van der Waals surface area contributed by atoms with Crippen LogP contribution in [0.15, 0.2) is 91.1 Å². The summed E-state index contributed by atoms with van der Waals surface area (Å²) in [5.74, 6) is 0. The van der Waals surface area contributed by atoms with E-state index in [2.05, 4.69) is 83.3 Å². The lowest BCUT2D eigenvalue weighted by Crippen LogP contribution is -1.94. The van der Waals surface area contributed by atoms with Gasteiger partial charge in [-0.05, 0) is 99.1 Å². The highest BCUT2D eigenvalue weighted by Crippen LogP contribution is 2.49. The molecule has 7 aromatic rings. The van der Waals surface area contributed by atoms with Gasteiger partial charge in [0, 0.05) is 17.0 Å². The molecule has 2 aliphatic carbocycles. The number of hydrogen-bond acceptors (Lipinski definition) is 2. The summed E-state index contributed by atoms with van der Waals surface area (Å²) in [4.78, 5) is 9.90. The van der Waals surface area contributed by atoms with Crippen LogP contribution in [-0.2, 0) is 12.8 Å². The molecule has 3 aromatic heterocycles. The zero-order chi connectivity index (χ0) is 22.7. The van der Waals surface area contributed by atoms with Crippen molar-refractivity contribution in [3.05, 3.63) is 113 Å². The molecule has 162 valence electrons. The van der Waals surface area contributed by atoms with E-state index in [1.807, 2.05) is 12.3 Å². The average Bonchev–Trinajstić information content (AvgIpc) is 3.58. The van der Waals surface area contributed by atoms with E-state index < -0.39 is 0 Å². The number of benzene rings is 4. The Kier molecular flexibility index (Phi) is 3.14. The number of fused-ring (bicyclic) bond motifs is 15. The van der Waals surface area contributed by atoms with Crippen molar-refractivity contribution in [2.24, 2.45) is 0 Å². The molecule has 3 nitrogen and oxygen atoms in total. The minimum atomic E-state index is 0.967. The van der Waals surface area contributed by atoms with Gasteiger partial charge >= 0.3 is 0 Å². The van der Waals surface area contributed by atoms with Crippen LogP contribution in [0.25, 0.3) is 60.7 Å². The van der Waals surface area contributed by atoms with Gasteiger partial charge in [0.1, 0.15) is 11.3 Å². The maximum Gasteiger partial charge on any atom is 0.147 e. The Hall–Kier alpha value is -4.50. The second kappa shape index (κ2) is 6.13. The summed E-state index contributed by atoms with van der Waals surface area (Å²) in [6.45, 7) is 0. The molecular weight excluding hydrogens is 426 g/mol. The lowest BCUT2D eigenvalue weighted by molar-refractivity contribution is 1.23. The molecule has 0 radical (unpaired) electrons. The highest BCUT2D eigenvalue weighted by atomic mass is 15.1. The molecular formula is C32H19N3. The minimum Gasteiger partial charge on any atom is -0.276 e. The third-order valence-electron chi connectivity index (χ3n) is 8.06. The summed E-state index contributed by atoms with van der Waals surface area (Å²) < 4.78 is 2.23. The first kappa shape index (κ1) is 17.9. The molecule has 0 amide bonds. The van der Waals surface area contributed by atoms with Gasteiger partial charge in [0.2, 0.25) is 0 Å². The Bertz CT molecular complexity index is 2060. The number of aromatic nitrogens is 3. The second-order valence-electron chi connectivity index (χ2n) is 9.83. The summed E-state index contributed by atoms with van der Waals surface area (Å²) >= 11 is 0. The number of rotatable bonds is 0. The fraction of sp³-hybridized carbons (Fsp3) is 0.0625. The minimum absolute atomic E-state index is 0.967. The van der Waals surface area contributed by atoms with E-state index in [1.54, 1.807) is 0 Å². The van der Waals surface area contributed by atoms with Gasteiger partial charge in [-0.25, -0.2) is 9.97 Å². The molecule has 4 aromatic carbocycles. The summed E-state index contributed by atoms with van der Waals surface area (Å²) in [7, 11) is 0. The zero-order valence-electron chi connectivity index (χ0n) is 18.9. The van der Waals surface area contributed by atoms with Gasteiger partial charge in [-0.1, -0.05) is 48.5 Å². The van der Waals surface area contributed by atoms with E-state index in [9.17, 15) is 0 Å². The van der Waals surface area contributed by atoms with Crippen molar-refractivity contribution in [3.63, 3.8) is 0 Å². The molecule has 0 saturated carbocycles. The molecule has 0 aliphatic heterocycles. The summed E-state index contributed by atoms with van der Waals surface area (Å²) in [6, 6.07) is 31.0. The first-order chi connectivity index (χ1) is 17.3. The fourth-order valence-corrected chi connectivity index (χ4v) is 6.58.